The highest BCUT2D eigenvalue weighted by Gasteiger charge is 2.32. The molecule has 0 aromatic carbocycles. The molecule has 0 aromatic rings. The van der Waals surface area contributed by atoms with Crippen LogP contribution in [0.1, 0.15) is 12.8 Å². The number of aliphatic hydroxyl groups excluding tert-OH is 1. The van der Waals surface area contributed by atoms with Crippen molar-refractivity contribution in [1.82, 2.24) is 10.2 Å². The smallest absolute Gasteiger partial charge is 0.227 e. The fraction of sp³-hybridized carbons (Fsp3) is 0.909. The van der Waals surface area contributed by atoms with Gasteiger partial charge in [-0.15, -0.1) is 0 Å². The molecule has 2 fully saturated rings. The molecule has 0 aliphatic carbocycles. The molecule has 92 valence electrons. The molecule has 1 unspecified atom stereocenters. The molecule has 2 atom stereocenters. The molecule has 1 amide bonds. The van der Waals surface area contributed by atoms with E-state index >= 15 is 0 Å². The van der Waals surface area contributed by atoms with Crippen LogP contribution in [0, 0.1) is 5.92 Å². The van der Waals surface area contributed by atoms with E-state index in [1.807, 2.05) is 0 Å². The van der Waals surface area contributed by atoms with Gasteiger partial charge in [0, 0.05) is 13.1 Å². The van der Waals surface area contributed by atoms with Gasteiger partial charge in [-0.2, -0.15) is 0 Å². The zero-order valence-electron chi connectivity index (χ0n) is 9.52. The van der Waals surface area contributed by atoms with Gasteiger partial charge in [0.15, 0.2) is 0 Å². The lowest BCUT2D eigenvalue weighted by molar-refractivity contribution is -0.146. The quantitative estimate of drug-likeness (QED) is 0.650. The second kappa shape index (κ2) is 5.61. The first-order valence-electron chi connectivity index (χ1n) is 6.02. The molecule has 16 heavy (non-hydrogen) atoms. The number of aliphatic hydroxyl groups is 1. The molecule has 2 saturated heterocycles. The number of ether oxygens (including phenoxy) is 1. The molecular formula is C11H20N2O3. The average Bonchev–Trinajstić information content (AvgIpc) is 2.39. The Bertz CT molecular complexity index is 241. The molecule has 2 aliphatic rings. The van der Waals surface area contributed by atoms with Crippen LogP contribution in [0.5, 0.6) is 0 Å². The van der Waals surface area contributed by atoms with E-state index in [4.69, 9.17) is 4.74 Å². The Labute approximate surface area is 95.8 Å². The summed E-state index contributed by atoms with van der Waals surface area (Å²) in [6.07, 6.45) is 2.02. The Morgan fingerprint density at radius 1 is 1.56 bits per heavy atom. The van der Waals surface area contributed by atoms with E-state index in [1.54, 1.807) is 4.90 Å². The van der Waals surface area contributed by atoms with Gasteiger partial charge in [-0.1, -0.05) is 0 Å². The van der Waals surface area contributed by atoms with E-state index in [0.29, 0.717) is 19.8 Å². The van der Waals surface area contributed by atoms with Crippen molar-refractivity contribution in [2.24, 2.45) is 5.92 Å². The Kier molecular flexibility index (Phi) is 4.15. The highest BCUT2D eigenvalue weighted by molar-refractivity contribution is 5.79. The molecular weight excluding hydrogens is 208 g/mol. The van der Waals surface area contributed by atoms with E-state index in [1.165, 1.54) is 0 Å². The van der Waals surface area contributed by atoms with Crippen LogP contribution in [-0.2, 0) is 9.53 Å². The summed E-state index contributed by atoms with van der Waals surface area (Å²) in [6.45, 7) is 3.43. The van der Waals surface area contributed by atoms with Gasteiger partial charge in [0.2, 0.25) is 5.91 Å². The minimum absolute atomic E-state index is 0.00805. The normalized spacial score (nSPS) is 31.4. The Morgan fingerprint density at radius 2 is 2.44 bits per heavy atom. The SMILES string of the molecule is O=C([C@@H]1CCCNC1)N1CCOCC1CO. The first-order chi connectivity index (χ1) is 7.83. The molecule has 5 nitrogen and oxygen atoms in total. The van der Waals surface area contributed by atoms with Crippen molar-refractivity contribution < 1.29 is 14.6 Å². The van der Waals surface area contributed by atoms with Crippen molar-refractivity contribution in [3.63, 3.8) is 0 Å². The van der Waals surface area contributed by atoms with Crippen LogP contribution in [0.3, 0.4) is 0 Å². The fourth-order valence-electron chi connectivity index (χ4n) is 2.39. The first kappa shape index (κ1) is 11.8. The maximum atomic E-state index is 12.2. The average molecular weight is 228 g/mol. The van der Waals surface area contributed by atoms with Gasteiger partial charge in [0.1, 0.15) is 0 Å². The van der Waals surface area contributed by atoms with Crippen molar-refractivity contribution >= 4 is 5.91 Å². The van der Waals surface area contributed by atoms with Gasteiger partial charge >= 0.3 is 0 Å². The minimum atomic E-state index is -0.150. The summed E-state index contributed by atoms with van der Waals surface area (Å²) in [5, 5.41) is 12.5. The predicted molar refractivity (Wildman–Crippen MR) is 59.0 cm³/mol. The van der Waals surface area contributed by atoms with Gasteiger partial charge in [-0.25, -0.2) is 0 Å². The molecule has 2 heterocycles. The lowest BCUT2D eigenvalue weighted by Gasteiger charge is -2.37. The second-order valence-corrected chi connectivity index (χ2v) is 4.49. The molecule has 0 aromatic heterocycles. The third-order valence-corrected chi connectivity index (χ3v) is 3.37. The summed E-state index contributed by atoms with van der Waals surface area (Å²) in [7, 11) is 0. The van der Waals surface area contributed by atoms with E-state index in [2.05, 4.69) is 5.32 Å². The molecule has 0 spiro atoms. The number of carbonyl (C=O) groups excluding carboxylic acids is 1. The standard InChI is InChI=1S/C11H20N2O3/c14-7-10-8-16-5-4-13(10)11(15)9-2-1-3-12-6-9/h9-10,12,14H,1-8H2/t9-,10?/m1/s1. The van der Waals surface area contributed by atoms with E-state index in [9.17, 15) is 9.90 Å². The molecule has 5 heteroatoms. The van der Waals surface area contributed by atoms with Crippen molar-refractivity contribution in [3.8, 4) is 0 Å². The van der Waals surface area contributed by atoms with Crippen molar-refractivity contribution in [3.05, 3.63) is 0 Å². The van der Waals surface area contributed by atoms with Gasteiger partial charge in [-0.05, 0) is 19.4 Å². The summed E-state index contributed by atoms with van der Waals surface area (Å²) in [5.74, 6) is 0.260. The number of hydrogen-bond acceptors (Lipinski definition) is 4. The number of hydrogen-bond donors (Lipinski definition) is 2. The summed E-state index contributed by atoms with van der Waals surface area (Å²) < 4.78 is 5.27. The van der Waals surface area contributed by atoms with Gasteiger partial charge in [0.25, 0.3) is 0 Å². The molecule has 2 rings (SSSR count). The lowest BCUT2D eigenvalue weighted by Crippen LogP contribution is -2.54. The highest BCUT2D eigenvalue weighted by atomic mass is 16.5. The maximum absolute atomic E-state index is 12.2. The highest BCUT2D eigenvalue weighted by Crippen LogP contribution is 2.17. The van der Waals surface area contributed by atoms with E-state index in [0.717, 1.165) is 25.9 Å². The van der Waals surface area contributed by atoms with Crippen LogP contribution < -0.4 is 5.32 Å². The molecule has 2 aliphatic heterocycles. The number of morpholine rings is 1. The van der Waals surface area contributed by atoms with Gasteiger partial charge < -0.3 is 20.1 Å². The molecule has 0 radical (unpaired) electrons. The lowest BCUT2D eigenvalue weighted by atomic mass is 9.97. The largest absolute Gasteiger partial charge is 0.394 e. The second-order valence-electron chi connectivity index (χ2n) is 4.49. The van der Waals surface area contributed by atoms with Crippen LogP contribution in [0.15, 0.2) is 0 Å². The summed E-state index contributed by atoms with van der Waals surface area (Å²) in [6, 6.07) is -0.150. The van der Waals surface area contributed by atoms with Crippen molar-refractivity contribution in [1.29, 1.82) is 0 Å². The van der Waals surface area contributed by atoms with Crippen LogP contribution >= 0.6 is 0 Å². The maximum Gasteiger partial charge on any atom is 0.227 e. The van der Waals surface area contributed by atoms with E-state index < -0.39 is 0 Å². The molecule has 2 N–H and O–H groups in total. The first-order valence-corrected chi connectivity index (χ1v) is 6.02. The monoisotopic (exact) mass is 228 g/mol. The third kappa shape index (κ3) is 2.53. The number of piperidine rings is 1. The Balaban J connectivity index is 1.95. The van der Waals surface area contributed by atoms with Crippen LogP contribution in [0.2, 0.25) is 0 Å². The van der Waals surface area contributed by atoms with Crippen LogP contribution in [-0.4, -0.2) is 61.4 Å². The summed E-state index contributed by atoms with van der Waals surface area (Å²) >= 11 is 0. The topological polar surface area (TPSA) is 61.8 Å². The Hall–Kier alpha value is -0.650. The fourth-order valence-corrected chi connectivity index (χ4v) is 2.39. The summed E-state index contributed by atoms with van der Waals surface area (Å²) in [4.78, 5) is 14.0. The molecule has 0 bridgehead atoms. The number of nitrogens with one attached hydrogen (secondary N) is 1. The third-order valence-electron chi connectivity index (χ3n) is 3.37. The Morgan fingerprint density at radius 3 is 3.12 bits per heavy atom. The van der Waals surface area contributed by atoms with E-state index in [-0.39, 0.29) is 24.5 Å². The van der Waals surface area contributed by atoms with Crippen molar-refractivity contribution in [2.45, 2.75) is 18.9 Å². The number of carbonyl (C=O) groups is 1. The van der Waals surface area contributed by atoms with Gasteiger partial charge in [-0.3, -0.25) is 4.79 Å². The summed E-state index contributed by atoms with van der Waals surface area (Å²) in [5.41, 5.74) is 0. The van der Waals surface area contributed by atoms with Crippen LogP contribution in [0.25, 0.3) is 0 Å². The van der Waals surface area contributed by atoms with Crippen molar-refractivity contribution in [2.75, 3.05) is 39.5 Å². The zero-order valence-corrected chi connectivity index (χ0v) is 9.52. The number of rotatable bonds is 2. The van der Waals surface area contributed by atoms with Crippen LogP contribution in [0.4, 0.5) is 0 Å². The molecule has 0 saturated carbocycles. The van der Waals surface area contributed by atoms with Gasteiger partial charge in [0.05, 0.1) is 31.8 Å². The number of amides is 1. The zero-order chi connectivity index (χ0) is 11.4. The predicted octanol–water partition coefficient (Wildman–Crippen LogP) is -0.794. The number of nitrogens with zero attached hydrogens (tertiary/aromatic N) is 1. The minimum Gasteiger partial charge on any atom is -0.394 e.